The molecule has 4 atom stereocenters. The second-order valence-electron chi connectivity index (χ2n) is 9.65. The first kappa shape index (κ1) is 21.4. The van der Waals surface area contributed by atoms with Crippen LogP contribution in [-0.4, -0.2) is 21.8 Å². The van der Waals surface area contributed by atoms with Crippen LogP contribution in [0.1, 0.15) is 92.9 Å². The van der Waals surface area contributed by atoms with Gasteiger partial charge in [0.2, 0.25) is 0 Å². The van der Waals surface area contributed by atoms with E-state index in [1.807, 2.05) is 0 Å². The van der Waals surface area contributed by atoms with E-state index in [9.17, 15) is 0 Å². The highest BCUT2D eigenvalue weighted by Crippen LogP contribution is 2.53. The third-order valence-electron chi connectivity index (χ3n) is 6.56. The highest BCUT2D eigenvalue weighted by Gasteiger charge is 2.55. The lowest BCUT2D eigenvalue weighted by Gasteiger charge is -2.49. The highest BCUT2D eigenvalue weighted by molar-refractivity contribution is 6.70. The van der Waals surface area contributed by atoms with Crippen LogP contribution in [0.3, 0.4) is 0 Å². The molecule has 148 valence electrons. The van der Waals surface area contributed by atoms with E-state index in [1.165, 1.54) is 38.5 Å². The number of hydrogen-bond donors (Lipinski definition) is 0. The molecule has 2 saturated carbocycles. The maximum atomic E-state index is 6.87. The van der Waals surface area contributed by atoms with E-state index in [1.54, 1.807) is 0 Å². The van der Waals surface area contributed by atoms with Gasteiger partial charge in [0.05, 0.1) is 0 Å². The van der Waals surface area contributed by atoms with Crippen LogP contribution in [0.4, 0.5) is 0 Å². The van der Waals surface area contributed by atoms with Crippen molar-refractivity contribution in [3.63, 3.8) is 0 Å². The fourth-order valence-corrected chi connectivity index (χ4v) is 11.6. The Morgan fingerprint density at radius 1 is 0.600 bits per heavy atom. The largest absolute Gasteiger partial charge is 0.394 e. The molecule has 0 N–H and O–H groups in total. The SMILES string of the molecule is CCCO[Si](OCCC)(C1CC(C)CC(C)C1)C1CC(C)CC(C)C1. The zero-order chi connectivity index (χ0) is 18.4. The summed E-state index contributed by atoms with van der Waals surface area (Å²) in [6.07, 6.45) is 10.3. The van der Waals surface area contributed by atoms with E-state index in [2.05, 4.69) is 41.5 Å². The van der Waals surface area contributed by atoms with Crippen molar-refractivity contribution in [2.75, 3.05) is 13.2 Å². The minimum atomic E-state index is -2.20. The van der Waals surface area contributed by atoms with Crippen molar-refractivity contribution in [3.8, 4) is 0 Å². The lowest BCUT2D eigenvalue weighted by atomic mass is 9.82. The zero-order valence-corrected chi connectivity index (χ0v) is 18.9. The molecule has 2 fully saturated rings. The first-order chi connectivity index (χ1) is 11.9. The molecule has 2 rings (SSSR count). The Hall–Kier alpha value is 0.137. The van der Waals surface area contributed by atoms with Crippen LogP contribution >= 0.6 is 0 Å². The summed E-state index contributed by atoms with van der Waals surface area (Å²) in [5, 5.41) is 0. The normalized spacial score (nSPS) is 37.2. The van der Waals surface area contributed by atoms with Crippen LogP contribution in [0, 0.1) is 23.7 Å². The quantitative estimate of drug-likeness (QED) is 0.432. The molecule has 0 spiro atoms. The molecular weight excluding hydrogens is 324 g/mol. The van der Waals surface area contributed by atoms with E-state index >= 15 is 0 Å². The maximum Gasteiger partial charge on any atom is 0.344 e. The van der Waals surface area contributed by atoms with Gasteiger partial charge in [-0.1, -0.05) is 41.5 Å². The Morgan fingerprint density at radius 2 is 0.920 bits per heavy atom. The van der Waals surface area contributed by atoms with Gasteiger partial charge in [-0.3, -0.25) is 0 Å². The van der Waals surface area contributed by atoms with Crippen LogP contribution in [0.2, 0.25) is 11.1 Å². The first-order valence-electron chi connectivity index (χ1n) is 11.2. The van der Waals surface area contributed by atoms with Crippen molar-refractivity contribution in [2.45, 2.75) is 104 Å². The minimum Gasteiger partial charge on any atom is -0.394 e. The van der Waals surface area contributed by atoms with Gasteiger partial charge >= 0.3 is 8.56 Å². The molecule has 0 aromatic rings. The lowest BCUT2D eigenvalue weighted by Crippen LogP contribution is -2.54. The van der Waals surface area contributed by atoms with Gasteiger partial charge in [0.1, 0.15) is 0 Å². The fraction of sp³-hybridized carbons (Fsp3) is 1.00. The molecule has 0 amide bonds. The maximum absolute atomic E-state index is 6.87. The summed E-state index contributed by atoms with van der Waals surface area (Å²) in [5.41, 5.74) is 1.40. The van der Waals surface area contributed by atoms with Gasteiger partial charge in [0.25, 0.3) is 0 Å². The van der Waals surface area contributed by atoms with Gasteiger partial charge in [-0.05, 0) is 75.0 Å². The molecule has 0 saturated heterocycles. The van der Waals surface area contributed by atoms with Crippen LogP contribution < -0.4 is 0 Å². The fourth-order valence-electron chi connectivity index (χ4n) is 5.92. The average Bonchev–Trinajstić information content (AvgIpc) is 2.53. The molecule has 2 nitrogen and oxygen atoms in total. The van der Waals surface area contributed by atoms with Crippen molar-refractivity contribution in [3.05, 3.63) is 0 Å². The van der Waals surface area contributed by atoms with Crippen LogP contribution in [0.25, 0.3) is 0 Å². The summed E-state index contributed by atoms with van der Waals surface area (Å²) >= 11 is 0. The van der Waals surface area contributed by atoms with E-state index < -0.39 is 8.56 Å². The van der Waals surface area contributed by atoms with Gasteiger partial charge in [-0.15, -0.1) is 0 Å². The van der Waals surface area contributed by atoms with Crippen LogP contribution in [-0.2, 0) is 8.85 Å². The van der Waals surface area contributed by atoms with Crippen molar-refractivity contribution in [1.82, 2.24) is 0 Å². The Bertz CT molecular complexity index is 330. The molecule has 0 bridgehead atoms. The average molecular weight is 369 g/mol. The lowest BCUT2D eigenvalue weighted by molar-refractivity contribution is 0.114. The summed E-state index contributed by atoms with van der Waals surface area (Å²) in [6, 6.07) is 0. The Balaban J connectivity index is 2.31. The summed E-state index contributed by atoms with van der Waals surface area (Å²) < 4.78 is 13.7. The third kappa shape index (κ3) is 5.56. The van der Waals surface area contributed by atoms with E-state index in [-0.39, 0.29) is 0 Å². The number of rotatable bonds is 8. The minimum absolute atomic E-state index is 0.701. The molecule has 0 heterocycles. The molecule has 2 aliphatic rings. The van der Waals surface area contributed by atoms with Gasteiger partial charge < -0.3 is 8.85 Å². The zero-order valence-electron chi connectivity index (χ0n) is 17.9. The molecule has 0 radical (unpaired) electrons. The van der Waals surface area contributed by atoms with Gasteiger partial charge in [0.15, 0.2) is 0 Å². The molecule has 4 unspecified atom stereocenters. The predicted molar refractivity (Wildman–Crippen MR) is 110 cm³/mol. The predicted octanol–water partition coefficient (Wildman–Crippen LogP) is 6.93. The summed E-state index contributed by atoms with van der Waals surface area (Å²) in [5.74, 6) is 3.31. The first-order valence-corrected chi connectivity index (χ1v) is 13.2. The third-order valence-corrected chi connectivity index (χ3v) is 11.1. The standard InChI is InChI=1S/C22H44O2Si/c1-7-9-23-25(24-10-8-2,21-13-17(3)11-18(4)14-21)22-15-19(5)12-20(6)16-22/h17-22H,7-16H2,1-6H3. The smallest absolute Gasteiger partial charge is 0.344 e. The molecule has 0 aromatic heterocycles. The van der Waals surface area contributed by atoms with Crippen molar-refractivity contribution < 1.29 is 8.85 Å². The number of hydrogen-bond acceptors (Lipinski definition) is 2. The van der Waals surface area contributed by atoms with Crippen LogP contribution in [0.15, 0.2) is 0 Å². The topological polar surface area (TPSA) is 18.5 Å². The molecule has 2 aliphatic carbocycles. The van der Waals surface area contributed by atoms with E-state index in [4.69, 9.17) is 8.85 Å². The van der Waals surface area contributed by atoms with Crippen LogP contribution in [0.5, 0.6) is 0 Å². The highest BCUT2D eigenvalue weighted by atomic mass is 28.4. The monoisotopic (exact) mass is 368 g/mol. The van der Waals surface area contributed by atoms with E-state index in [0.29, 0.717) is 11.1 Å². The molecule has 25 heavy (non-hydrogen) atoms. The van der Waals surface area contributed by atoms with Crippen molar-refractivity contribution in [1.29, 1.82) is 0 Å². The molecule has 3 heteroatoms. The Morgan fingerprint density at radius 3 is 1.20 bits per heavy atom. The summed E-state index contributed by atoms with van der Waals surface area (Å²) in [4.78, 5) is 0. The molecule has 0 aliphatic heterocycles. The van der Waals surface area contributed by atoms with Crippen molar-refractivity contribution >= 4 is 8.56 Å². The molecule has 0 aromatic carbocycles. The van der Waals surface area contributed by atoms with Crippen molar-refractivity contribution in [2.24, 2.45) is 23.7 Å². The Kier molecular flexibility index (Phi) is 8.48. The van der Waals surface area contributed by atoms with Gasteiger partial charge in [-0.25, -0.2) is 0 Å². The molecular formula is C22H44O2Si. The van der Waals surface area contributed by atoms with Gasteiger partial charge in [-0.2, -0.15) is 0 Å². The summed E-state index contributed by atoms with van der Waals surface area (Å²) in [6.45, 7) is 16.1. The second-order valence-corrected chi connectivity index (χ2v) is 13.3. The van der Waals surface area contributed by atoms with Gasteiger partial charge in [0, 0.05) is 24.3 Å². The van der Waals surface area contributed by atoms with E-state index in [0.717, 1.165) is 49.7 Å². The second kappa shape index (κ2) is 9.89. The summed E-state index contributed by atoms with van der Waals surface area (Å²) in [7, 11) is -2.20. The Labute approximate surface area is 158 Å².